The van der Waals surface area contributed by atoms with Gasteiger partial charge < -0.3 is 10.4 Å². The van der Waals surface area contributed by atoms with Crippen LogP contribution in [0.15, 0.2) is 23.1 Å². The zero-order valence-electron chi connectivity index (χ0n) is 10.8. The third-order valence-electron chi connectivity index (χ3n) is 2.81. The quantitative estimate of drug-likeness (QED) is 0.766. The Labute approximate surface area is 111 Å². The Morgan fingerprint density at radius 1 is 1.39 bits per heavy atom. The van der Waals surface area contributed by atoms with Gasteiger partial charge in [-0.2, -0.15) is 0 Å². The van der Waals surface area contributed by atoms with E-state index in [1.165, 1.54) is 11.8 Å². The van der Waals surface area contributed by atoms with Crippen LogP contribution in [0.1, 0.15) is 31.9 Å². The van der Waals surface area contributed by atoms with Crippen LogP contribution in [-0.4, -0.2) is 16.9 Å². The Kier molecular flexibility index (Phi) is 3.39. The van der Waals surface area contributed by atoms with Gasteiger partial charge in [0.2, 0.25) is 0 Å². The molecule has 1 aromatic carbocycles. The second-order valence-corrected chi connectivity index (χ2v) is 6.35. The SMILES string of the molecule is CC(C)(C)c1cc(C=C2SCNC2=O)ccc1O. The van der Waals surface area contributed by atoms with Gasteiger partial charge in [-0.15, -0.1) is 0 Å². The van der Waals surface area contributed by atoms with Crippen LogP contribution in [-0.2, 0) is 10.2 Å². The standard InChI is InChI=1S/C14H17NO2S/c1-14(2,3)10-6-9(4-5-11(10)16)7-12-13(17)15-8-18-12/h4-7,16H,8H2,1-3H3,(H,15,17). The van der Waals surface area contributed by atoms with Crippen LogP contribution in [0.5, 0.6) is 5.75 Å². The third-order valence-corrected chi connectivity index (χ3v) is 3.71. The molecular weight excluding hydrogens is 246 g/mol. The lowest BCUT2D eigenvalue weighted by Gasteiger charge is -2.20. The van der Waals surface area contributed by atoms with Gasteiger partial charge >= 0.3 is 0 Å². The summed E-state index contributed by atoms with van der Waals surface area (Å²) in [6, 6.07) is 5.45. The van der Waals surface area contributed by atoms with E-state index in [-0.39, 0.29) is 11.3 Å². The lowest BCUT2D eigenvalue weighted by molar-refractivity contribution is -0.116. The van der Waals surface area contributed by atoms with Crippen LogP contribution < -0.4 is 5.32 Å². The largest absolute Gasteiger partial charge is 0.508 e. The normalized spacial score (nSPS) is 18.2. The minimum atomic E-state index is -0.121. The first kappa shape index (κ1) is 13.0. The van der Waals surface area contributed by atoms with Crippen molar-refractivity contribution in [2.75, 3.05) is 5.88 Å². The second-order valence-electron chi connectivity index (χ2n) is 5.33. The number of amides is 1. The van der Waals surface area contributed by atoms with Crippen molar-refractivity contribution in [1.29, 1.82) is 0 Å². The van der Waals surface area contributed by atoms with Crippen molar-refractivity contribution in [3.05, 3.63) is 34.2 Å². The van der Waals surface area contributed by atoms with E-state index in [0.29, 0.717) is 11.6 Å². The number of hydrogen-bond acceptors (Lipinski definition) is 3. The molecule has 0 aromatic heterocycles. The first-order valence-corrected chi connectivity index (χ1v) is 6.83. The highest BCUT2D eigenvalue weighted by Gasteiger charge is 2.20. The summed E-state index contributed by atoms with van der Waals surface area (Å²) in [5.74, 6) is 0.910. The van der Waals surface area contributed by atoms with Gasteiger partial charge in [0.05, 0.1) is 10.8 Å². The van der Waals surface area contributed by atoms with Gasteiger partial charge in [-0.25, -0.2) is 0 Å². The van der Waals surface area contributed by atoms with Crippen molar-refractivity contribution in [1.82, 2.24) is 5.32 Å². The molecule has 1 aliphatic heterocycles. The molecule has 1 saturated heterocycles. The van der Waals surface area contributed by atoms with E-state index < -0.39 is 0 Å². The molecule has 0 saturated carbocycles. The summed E-state index contributed by atoms with van der Waals surface area (Å²) < 4.78 is 0. The highest BCUT2D eigenvalue weighted by atomic mass is 32.2. The third kappa shape index (κ3) is 2.70. The average Bonchev–Trinajstić information content (AvgIpc) is 2.66. The molecule has 0 bridgehead atoms. The van der Waals surface area contributed by atoms with Crippen LogP contribution >= 0.6 is 11.8 Å². The fourth-order valence-corrected chi connectivity index (χ4v) is 2.62. The van der Waals surface area contributed by atoms with Crippen molar-refractivity contribution in [2.24, 2.45) is 0 Å². The number of phenolic OH excluding ortho intramolecular Hbond substituents is 1. The molecule has 18 heavy (non-hydrogen) atoms. The fraction of sp³-hybridized carbons (Fsp3) is 0.357. The summed E-state index contributed by atoms with van der Waals surface area (Å²) >= 11 is 1.50. The molecule has 0 spiro atoms. The maximum absolute atomic E-state index is 11.5. The maximum atomic E-state index is 11.5. The summed E-state index contributed by atoms with van der Waals surface area (Å²) in [6.45, 7) is 6.15. The first-order chi connectivity index (χ1) is 8.38. The van der Waals surface area contributed by atoms with E-state index in [1.807, 2.05) is 18.2 Å². The number of thioether (sulfide) groups is 1. The zero-order chi connectivity index (χ0) is 13.3. The van der Waals surface area contributed by atoms with Gasteiger partial charge in [-0.1, -0.05) is 38.6 Å². The van der Waals surface area contributed by atoms with Crippen molar-refractivity contribution in [2.45, 2.75) is 26.2 Å². The molecule has 1 aromatic rings. The van der Waals surface area contributed by atoms with Gasteiger partial charge in [0.25, 0.3) is 5.91 Å². The molecule has 0 unspecified atom stereocenters. The molecular formula is C14H17NO2S. The van der Waals surface area contributed by atoms with Crippen LogP contribution in [0.25, 0.3) is 6.08 Å². The molecule has 4 heteroatoms. The van der Waals surface area contributed by atoms with Crippen LogP contribution in [0.2, 0.25) is 0 Å². The topological polar surface area (TPSA) is 49.3 Å². The van der Waals surface area contributed by atoms with Gasteiger partial charge in [0.15, 0.2) is 0 Å². The molecule has 1 fully saturated rings. The molecule has 3 nitrogen and oxygen atoms in total. The molecule has 2 N–H and O–H groups in total. The highest BCUT2D eigenvalue weighted by molar-refractivity contribution is 8.04. The second kappa shape index (κ2) is 4.69. The monoisotopic (exact) mass is 263 g/mol. The Balaban J connectivity index is 2.39. The number of aromatic hydroxyl groups is 1. The number of phenols is 1. The van der Waals surface area contributed by atoms with Gasteiger partial charge in [-0.05, 0) is 34.8 Å². The average molecular weight is 263 g/mol. The van der Waals surface area contributed by atoms with Gasteiger partial charge in [0, 0.05) is 0 Å². The fourth-order valence-electron chi connectivity index (χ4n) is 1.83. The van der Waals surface area contributed by atoms with E-state index in [4.69, 9.17) is 0 Å². The molecule has 1 aliphatic rings. The molecule has 0 aliphatic carbocycles. The van der Waals surface area contributed by atoms with Gasteiger partial charge in [-0.3, -0.25) is 4.79 Å². The van der Waals surface area contributed by atoms with E-state index in [0.717, 1.165) is 16.0 Å². The van der Waals surface area contributed by atoms with E-state index in [2.05, 4.69) is 26.1 Å². The predicted molar refractivity (Wildman–Crippen MR) is 75.4 cm³/mol. The first-order valence-electron chi connectivity index (χ1n) is 5.84. The molecule has 0 atom stereocenters. The summed E-state index contributed by atoms with van der Waals surface area (Å²) in [5, 5.41) is 12.6. The zero-order valence-corrected chi connectivity index (χ0v) is 11.6. The molecule has 96 valence electrons. The molecule has 2 rings (SSSR count). The van der Waals surface area contributed by atoms with Crippen molar-refractivity contribution in [3.8, 4) is 5.75 Å². The molecule has 1 amide bonds. The Morgan fingerprint density at radius 2 is 2.11 bits per heavy atom. The van der Waals surface area contributed by atoms with E-state index in [1.54, 1.807) is 6.07 Å². The lowest BCUT2D eigenvalue weighted by atomic mass is 9.85. The smallest absolute Gasteiger partial charge is 0.258 e. The Bertz CT molecular complexity index is 515. The number of carbonyl (C=O) groups is 1. The van der Waals surface area contributed by atoms with Crippen LogP contribution in [0, 0.1) is 0 Å². The number of carbonyl (C=O) groups excluding carboxylic acids is 1. The number of benzene rings is 1. The van der Waals surface area contributed by atoms with Crippen LogP contribution in [0.4, 0.5) is 0 Å². The summed E-state index contributed by atoms with van der Waals surface area (Å²) in [5.41, 5.74) is 1.71. The highest BCUT2D eigenvalue weighted by Crippen LogP contribution is 2.32. The minimum absolute atomic E-state index is 0.0228. The van der Waals surface area contributed by atoms with Crippen molar-refractivity contribution in [3.63, 3.8) is 0 Å². The predicted octanol–water partition coefficient (Wildman–Crippen LogP) is 2.85. The molecule has 1 heterocycles. The van der Waals surface area contributed by atoms with Crippen LogP contribution in [0.3, 0.4) is 0 Å². The minimum Gasteiger partial charge on any atom is -0.508 e. The van der Waals surface area contributed by atoms with E-state index in [9.17, 15) is 9.90 Å². The number of hydrogen-bond donors (Lipinski definition) is 2. The van der Waals surface area contributed by atoms with Crippen molar-refractivity contribution >= 4 is 23.7 Å². The summed E-state index contributed by atoms with van der Waals surface area (Å²) in [4.78, 5) is 12.2. The number of nitrogens with one attached hydrogen (secondary N) is 1. The van der Waals surface area contributed by atoms with Crippen molar-refractivity contribution < 1.29 is 9.90 Å². The molecule has 0 radical (unpaired) electrons. The number of rotatable bonds is 1. The maximum Gasteiger partial charge on any atom is 0.258 e. The Morgan fingerprint density at radius 3 is 2.67 bits per heavy atom. The van der Waals surface area contributed by atoms with Gasteiger partial charge in [0.1, 0.15) is 5.75 Å². The Hall–Kier alpha value is -1.42. The lowest BCUT2D eigenvalue weighted by Crippen LogP contribution is -2.14. The summed E-state index contributed by atoms with van der Waals surface area (Å²) in [7, 11) is 0. The summed E-state index contributed by atoms with van der Waals surface area (Å²) in [6.07, 6.45) is 1.86. The van der Waals surface area contributed by atoms with E-state index >= 15 is 0 Å².